The molecule has 9 heteroatoms. The molecule has 0 bridgehead atoms. The lowest BCUT2D eigenvalue weighted by atomic mass is 10.0. The molecular formula is C34H36FN3O4S. The quantitative estimate of drug-likeness (QED) is 0.217. The van der Waals surface area contributed by atoms with E-state index in [1.54, 1.807) is 66.7 Å². The second-order valence-corrected chi connectivity index (χ2v) is 12.2. The van der Waals surface area contributed by atoms with Gasteiger partial charge in [-0.25, -0.2) is 12.8 Å². The van der Waals surface area contributed by atoms with Gasteiger partial charge in [0.05, 0.1) is 10.6 Å². The number of hydrogen-bond acceptors (Lipinski definition) is 4. The van der Waals surface area contributed by atoms with Gasteiger partial charge in [-0.1, -0.05) is 91.9 Å². The van der Waals surface area contributed by atoms with Crippen molar-refractivity contribution in [1.29, 1.82) is 0 Å². The van der Waals surface area contributed by atoms with E-state index in [9.17, 15) is 22.4 Å². The molecule has 4 aromatic rings. The SMILES string of the molecule is CC[C@H](C)NC(=O)[C@H](Cc1ccccc1)N(Cc1ccccc1F)C(=O)CN(c1ccccc1)S(=O)(=O)c1ccccc1. The topological polar surface area (TPSA) is 86.8 Å². The lowest BCUT2D eigenvalue weighted by Gasteiger charge is -2.34. The van der Waals surface area contributed by atoms with Crippen LogP contribution in [0.15, 0.2) is 120 Å². The predicted octanol–water partition coefficient (Wildman–Crippen LogP) is 5.58. The summed E-state index contributed by atoms with van der Waals surface area (Å²) in [6, 6.07) is 30.2. The average molecular weight is 602 g/mol. The zero-order valence-electron chi connectivity index (χ0n) is 24.3. The maximum atomic E-state index is 15.0. The first kappa shape index (κ1) is 31.4. The van der Waals surface area contributed by atoms with Gasteiger partial charge in [-0.2, -0.15) is 0 Å². The van der Waals surface area contributed by atoms with Crippen LogP contribution in [0, 0.1) is 5.82 Å². The van der Waals surface area contributed by atoms with Gasteiger partial charge in [-0.15, -0.1) is 0 Å². The number of halogens is 1. The highest BCUT2D eigenvalue weighted by Crippen LogP contribution is 2.25. The number of carbonyl (C=O) groups is 2. The van der Waals surface area contributed by atoms with Crippen LogP contribution < -0.4 is 9.62 Å². The number of benzene rings is 4. The van der Waals surface area contributed by atoms with E-state index >= 15 is 0 Å². The van der Waals surface area contributed by atoms with Crippen molar-refractivity contribution < 1.29 is 22.4 Å². The highest BCUT2D eigenvalue weighted by Gasteiger charge is 2.35. The first-order valence-corrected chi connectivity index (χ1v) is 15.6. The molecule has 4 aromatic carbocycles. The number of carbonyl (C=O) groups excluding carboxylic acids is 2. The molecular weight excluding hydrogens is 565 g/mol. The fourth-order valence-electron chi connectivity index (χ4n) is 4.65. The van der Waals surface area contributed by atoms with Gasteiger partial charge in [0.2, 0.25) is 11.8 Å². The molecule has 0 fully saturated rings. The summed E-state index contributed by atoms with van der Waals surface area (Å²) in [5.41, 5.74) is 1.30. The van der Waals surface area contributed by atoms with Gasteiger partial charge < -0.3 is 10.2 Å². The Morgan fingerprint density at radius 1 is 0.814 bits per heavy atom. The number of rotatable bonds is 13. The molecule has 0 heterocycles. The Balaban J connectivity index is 1.79. The van der Waals surface area contributed by atoms with E-state index in [1.807, 2.05) is 44.2 Å². The van der Waals surface area contributed by atoms with Crippen molar-refractivity contribution in [2.75, 3.05) is 10.8 Å². The van der Waals surface area contributed by atoms with Crippen molar-refractivity contribution in [2.24, 2.45) is 0 Å². The fraction of sp³-hybridized carbons (Fsp3) is 0.235. The van der Waals surface area contributed by atoms with Crippen LogP contribution in [0.3, 0.4) is 0 Å². The number of para-hydroxylation sites is 1. The molecule has 0 aliphatic heterocycles. The van der Waals surface area contributed by atoms with Crippen LogP contribution in [-0.2, 0) is 32.6 Å². The second-order valence-electron chi connectivity index (χ2n) is 10.3. The minimum Gasteiger partial charge on any atom is -0.352 e. The summed E-state index contributed by atoms with van der Waals surface area (Å²) in [7, 11) is -4.18. The Morgan fingerprint density at radius 2 is 1.37 bits per heavy atom. The summed E-state index contributed by atoms with van der Waals surface area (Å²) in [5.74, 6) is -1.58. The van der Waals surface area contributed by atoms with Crippen LogP contribution >= 0.6 is 0 Å². The lowest BCUT2D eigenvalue weighted by Crippen LogP contribution is -2.54. The number of hydrogen-bond donors (Lipinski definition) is 1. The maximum Gasteiger partial charge on any atom is 0.264 e. The number of nitrogens with zero attached hydrogens (tertiary/aromatic N) is 2. The van der Waals surface area contributed by atoms with E-state index in [2.05, 4.69) is 5.32 Å². The Labute approximate surface area is 253 Å². The van der Waals surface area contributed by atoms with Crippen molar-refractivity contribution in [3.05, 3.63) is 132 Å². The molecule has 7 nitrogen and oxygen atoms in total. The summed E-state index contributed by atoms with van der Waals surface area (Å²) in [6.07, 6.45) is 0.822. The van der Waals surface area contributed by atoms with Crippen molar-refractivity contribution in [3.63, 3.8) is 0 Å². The van der Waals surface area contributed by atoms with Crippen molar-refractivity contribution in [1.82, 2.24) is 10.2 Å². The molecule has 0 saturated carbocycles. The van der Waals surface area contributed by atoms with E-state index in [0.29, 0.717) is 6.42 Å². The second kappa shape index (κ2) is 14.6. The smallest absolute Gasteiger partial charge is 0.264 e. The molecule has 4 rings (SSSR count). The predicted molar refractivity (Wildman–Crippen MR) is 166 cm³/mol. The van der Waals surface area contributed by atoms with Gasteiger partial charge in [0.1, 0.15) is 18.4 Å². The summed E-state index contributed by atoms with van der Waals surface area (Å²) < 4.78 is 43.8. The number of sulfonamides is 1. The molecule has 43 heavy (non-hydrogen) atoms. The highest BCUT2D eigenvalue weighted by molar-refractivity contribution is 7.92. The van der Waals surface area contributed by atoms with Gasteiger partial charge in [0.15, 0.2) is 0 Å². The zero-order chi connectivity index (χ0) is 30.8. The third kappa shape index (κ3) is 8.08. The standard InChI is InChI=1S/C34H36FN3O4S/c1-3-26(2)36-34(40)32(23-27-15-7-4-8-16-27)37(24-28-17-13-14-22-31(28)35)33(39)25-38(29-18-9-5-10-19-29)43(41,42)30-20-11-6-12-21-30/h4-22,26,32H,3,23-25H2,1-2H3,(H,36,40)/t26-,32-/m0/s1. The molecule has 0 saturated heterocycles. The summed E-state index contributed by atoms with van der Waals surface area (Å²) in [5, 5.41) is 2.97. The Hall–Kier alpha value is -4.50. The van der Waals surface area contributed by atoms with Crippen LogP contribution in [0.25, 0.3) is 0 Å². The summed E-state index contributed by atoms with van der Waals surface area (Å²) >= 11 is 0. The molecule has 0 aliphatic rings. The minimum atomic E-state index is -4.18. The first-order chi connectivity index (χ1) is 20.7. The van der Waals surface area contributed by atoms with Gasteiger partial charge in [-0.3, -0.25) is 13.9 Å². The van der Waals surface area contributed by atoms with E-state index in [-0.39, 0.29) is 35.2 Å². The number of anilines is 1. The monoisotopic (exact) mass is 601 g/mol. The molecule has 0 aromatic heterocycles. The van der Waals surface area contributed by atoms with Crippen LogP contribution in [-0.4, -0.2) is 43.8 Å². The third-order valence-electron chi connectivity index (χ3n) is 7.22. The summed E-state index contributed by atoms with van der Waals surface area (Å²) in [6.45, 7) is 2.97. The first-order valence-electron chi connectivity index (χ1n) is 14.2. The summed E-state index contributed by atoms with van der Waals surface area (Å²) in [4.78, 5) is 29.4. The molecule has 224 valence electrons. The fourth-order valence-corrected chi connectivity index (χ4v) is 6.08. The Morgan fingerprint density at radius 3 is 1.98 bits per heavy atom. The molecule has 0 aliphatic carbocycles. The van der Waals surface area contributed by atoms with Gasteiger partial charge in [0.25, 0.3) is 10.0 Å². The molecule has 2 atom stereocenters. The zero-order valence-corrected chi connectivity index (χ0v) is 25.1. The average Bonchev–Trinajstić information content (AvgIpc) is 3.03. The van der Waals surface area contributed by atoms with Crippen molar-refractivity contribution in [2.45, 2.75) is 50.2 Å². The van der Waals surface area contributed by atoms with E-state index < -0.39 is 40.2 Å². The van der Waals surface area contributed by atoms with Crippen LogP contribution in [0.5, 0.6) is 0 Å². The Bertz CT molecular complexity index is 1600. The normalized spacial score (nSPS) is 12.6. The largest absolute Gasteiger partial charge is 0.352 e. The van der Waals surface area contributed by atoms with Crippen molar-refractivity contribution >= 4 is 27.5 Å². The van der Waals surface area contributed by atoms with E-state index in [1.165, 1.54) is 23.1 Å². The lowest BCUT2D eigenvalue weighted by molar-refractivity contribution is -0.140. The molecule has 0 unspecified atom stereocenters. The molecule has 0 radical (unpaired) electrons. The molecule has 0 spiro atoms. The van der Waals surface area contributed by atoms with Gasteiger partial charge in [0, 0.05) is 24.6 Å². The van der Waals surface area contributed by atoms with Crippen LogP contribution in [0.2, 0.25) is 0 Å². The van der Waals surface area contributed by atoms with Crippen molar-refractivity contribution in [3.8, 4) is 0 Å². The number of amides is 2. The molecule has 1 N–H and O–H groups in total. The van der Waals surface area contributed by atoms with Crippen LogP contribution in [0.4, 0.5) is 10.1 Å². The Kier molecular flexibility index (Phi) is 10.7. The minimum absolute atomic E-state index is 0.0163. The van der Waals surface area contributed by atoms with Crippen LogP contribution in [0.1, 0.15) is 31.4 Å². The highest BCUT2D eigenvalue weighted by atomic mass is 32.2. The van der Waals surface area contributed by atoms with E-state index in [4.69, 9.17) is 0 Å². The number of nitrogens with one attached hydrogen (secondary N) is 1. The van der Waals surface area contributed by atoms with Gasteiger partial charge >= 0.3 is 0 Å². The third-order valence-corrected chi connectivity index (χ3v) is 9.01. The van der Waals surface area contributed by atoms with E-state index in [0.717, 1.165) is 9.87 Å². The maximum absolute atomic E-state index is 15.0. The van der Waals surface area contributed by atoms with Gasteiger partial charge in [-0.05, 0) is 49.2 Å². The molecule has 2 amide bonds.